The number of benzene rings is 2. The van der Waals surface area contributed by atoms with E-state index in [1.165, 1.54) is 30.6 Å². The summed E-state index contributed by atoms with van der Waals surface area (Å²) in [5.41, 5.74) is 3.18. The highest BCUT2D eigenvalue weighted by atomic mass is 32.2. The van der Waals surface area contributed by atoms with Crippen molar-refractivity contribution in [2.45, 2.75) is 11.8 Å². The number of methoxy groups -OCH3 is 1. The van der Waals surface area contributed by atoms with E-state index < -0.39 is 9.84 Å². The van der Waals surface area contributed by atoms with Crippen LogP contribution in [-0.4, -0.2) is 33.0 Å². The molecule has 3 aromatic rings. The van der Waals surface area contributed by atoms with E-state index in [-0.39, 0.29) is 4.90 Å². The Morgan fingerprint density at radius 3 is 2.73 bits per heavy atom. The second-order valence-electron chi connectivity index (χ2n) is 5.70. The minimum absolute atomic E-state index is 0.203. The molecule has 136 valence electrons. The zero-order valence-corrected chi connectivity index (χ0v) is 16.1. The maximum Gasteiger partial charge on any atom is 0.188 e. The zero-order valence-electron chi connectivity index (χ0n) is 14.5. The van der Waals surface area contributed by atoms with Crippen molar-refractivity contribution >= 4 is 48.4 Å². The smallest absolute Gasteiger partial charge is 0.188 e. The molecule has 2 aromatic carbocycles. The quantitative estimate of drug-likeness (QED) is 0.394. The monoisotopic (exact) mass is 390 g/mol. The topological polar surface area (TPSA) is 107 Å². The molecule has 0 amide bonds. The van der Waals surface area contributed by atoms with E-state index >= 15 is 0 Å². The van der Waals surface area contributed by atoms with Gasteiger partial charge in [0.15, 0.2) is 15.0 Å². The third-order valence-corrected chi connectivity index (χ3v) is 5.91. The summed E-state index contributed by atoms with van der Waals surface area (Å²) in [5, 5.41) is 7.38. The third-order valence-electron chi connectivity index (χ3n) is 3.86. The molecular weight excluding hydrogens is 372 g/mol. The van der Waals surface area contributed by atoms with Crippen LogP contribution in [0.15, 0.2) is 40.3 Å². The van der Waals surface area contributed by atoms with Gasteiger partial charge in [-0.2, -0.15) is 5.10 Å². The van der Waals surface area contributed by atoms with Gasteiger partial charge in [0.1, 0.15) is 5.75 Å². The number of aryl methyl sites for hydroxylation is 1. The van der Waals surface area contributed by atoms with Crippen molar-refractivity contribution in [1.29, 1.82) is 0 Å². The summed E-state index contributed by atoms with van der Waals surface area (Å²) >= 11 is 1.44. The summed E-state index contributed by atoms with van der Waals surface area (Å²) < 4.78 is 29.9. The summed E-state index contributed by atoms with van der Waals surface area (Å²) in [5.74, 6) is 5.83. The molecule has 0 saturated carbocycles. The molecule has 0 radical (unpaired) electrons. The van der Waals surface area contributed by atoms with E-state index in [4.69, 9.17) is 10.6 Å². The predicted molar refractivity (Wildman–Crippen MR) is 106 cm³/mol. The minimum atomic E-state index is -3.33. The Morgan fingerprint density at radius 1 is 1.31 bits per heavy atom. The number of nitrogens with two attached hydrogens (primary N) is 1. The Balaban J connectivity index is 2.08. The highest BCUT2D eigenvalue weighted by molar-refractivity contribution is 7.90. The number of rotatable bonds is 5. The average Bonchev–Trinajstić information content (AvgIpc) is 2.99. The molecule has 0 spiro atoms. The Morgan fingerprint density at radius 2 is 2.08 bits per heavy atom. The first-order chi connectivity index (χ1) is 12.3. The van der Waals surface area contributed by atoms with Crippen LogP contribution in [0.5, 0.6) is 5.75 Å². The molecule has 9 heteroatoms. The number of anilines is 2. The van der Waals surface area contributed by atoms with Gasteiger partial charge in [0.05, 0.1) is 34.1 Å². The van der Waals surface area contributed by atoms with Gasteiger partial charge in [0, 0.05) is 11.8 Å². The molecule has 0 bridgehead atoms. The van der Waals surface area contributed by atoms with Gasteiger partial charge in [-0.15, -0.1) is 0 Å². The lowest BCUT2D eigenvalue weighted by atomic mass is 10.1. The van der Waals surface area contributed by atoms with Crippen molar-refractivity contribution in [2.75, 3.05) is 18.7 Å². The molecule has 7 nitrogen and oxygen atoms in total. The van der Waals surface area contributed by atoms with E-state index in [9.17, 15) is 8.42 Å². The molecule has 0 unspecified atom stereocenters. The van der Waals surface area contributed by atoms with E-state index in [1.54, 1.807) is 12.3 Å². The van der Waals surface area contributed by atoms with Gasteiger partial charge in [-0.3, -0.25) is 0 Å². The number of ether oxygens (including phenoxy) is 1. The summed E-state index contributed by atoms with van der Waals surface area (Å²) in [6, 6.07) is 8.62. The first kappa shape index (κ1) is 18.2. The maximum atomic E-state index is 11.8. The van der Waals surface area contributed by atoms with Gasteiger partial charge in [-0.05, 0) is 36.8 Å². The number of hydrazone groups is 1. The van der Waals surface area contributed by atoms with Crippen molar-refractivity contribution in [1.82, 2.24) is 4.98 Å². The predicted octanol–water partition coefficient (Wildman–Crippen LogP) is 3.05. The fraction of sp³-hybridized carbons (Fsp3) is 0.176. The number of sulfone groups is 1. The number of aromatic nitrogens is 1. The molecular formula is C17H18N4O3S2. The van der Waals surface area contributed by atoms with Gasteiger partial charge >= 0.3 is 0 Å². The lowest BCUT2D eigenvalue weighted by Gasteiger charge is -2.10. The van der Waals surface area contributed by atoms with Crippen LogP contribution in [0.25, 0.3) is 10.2 Å². The fourth-order valence-corrected chi connectivity index (χ4v) is 4.08. The lowest BCUT2D eigenvalue weighted by molar-refractivity contribution is 0.416. The molecule has 0 aliphatic rings. The molecule has 0 aliphatic carbocycles. The van der Waals surface area contributed by atoms with Crippen molar-refractivity contribution in [3.05, 3.63) is 41.5 Å². The van der Waals surface area contributed by atoms with Gasteiger partial charge in [0.2, 0.25) is 0 Å². The number of hydrogen-bond donors (Lipinski definition) is 2. The summed E-state index contributed by atoms with van der Waals surface area (Å²) in [4.78, 5) is 4.81. The van der Waals surface area contributed by atoms with Crippen molar-refractivity contribution in [3.63, 3.8) is 0 Å². The number of nitrogens with zero attached hydrogens (tertiary/aromatic N) is 2. The molecule has 26 heavy (non-hydrogen) atoms. The Hall–Kier alpha value is -2.65. The molecule has 1 heterocycles. The average molecular weight is 390 g/mol. The minimum Gasteiger partial charge on any atom is -0.495 e. The molecule has 1 aromatic heterocycles. The number of hydrogen-bond acceptors (Lipinski definition) is 8. The van der Waals surface area contributed by atoms with E-state index in [2.05, 4.69) is 15.4 Å². The Bertz CT molecular complexity index is 1100. The van der Waals surface area contributed by atoms with Crippen LogP contribution in [0, 0.1) is 6.92 Å². The summed E-state index contributed by atoms with van der Waals surface area (Å²) in [7, 11) is -1.80. The first-order valence-corrected chi connectivity index (χ1v) is 10.3. The summed E-state index contributed by atoms with van der Waals surface area (Å²) in [6.07, 6.45) is 2.74. The Kier molecular flexibility index (Phi) is 4.84. The third kappa shape index (κ3) is 3.49. The normalized spacial score (nSPS) is 12.0. The van der Waals surface area contributed by atoms with Crippen LogP contribution in [0.3, 0.4) is 0 Å². The van der Waals surface area contributed by atoms with Gasteiger partial charge < -0.3 is 15.9 Å². The summed E-state index contributed by atoms with van der Waals surface area (Å²) in [6.45, 7) is 1.96. The molecule has 3 N–H and O–H groups in total. The van der Waals surface area contributed by atoms with Crippen LogP contribution in [0.4, 0.5) is 10.8 Å². The van der Waals surface area contributed by atoms with Crippen LogP contribution < -0.4 is 15.9 Å². The van der Waals surface area contributed by atoms with Crippen molar-refractivity contribution < 1.29 is 13.2 Å². The molecule has 0 aliphatic heterocycles. The second-order valence-corrected chi connectivity index (χ2v) is 8.75. The highest BCUT2D eigenvalue weighted by Gasteiger charge is 2.14. The molecule has 0 saturated heterocycles. The number of nitrogens with one attached hydrogen (secondary N) is 1. The Labute approximate surface area is 155 Å². The number of fused-ring (bicyclic) bond motifs is 1. The van der Waals surface area contributed by atoms with Crippen LogP contribution >= 0.6 is 11.3 Å². The van der Waals surface area contributed by atoms with Gasteiger partial charge in [-0.1, -0.05) is 17.4 Å². The van der Waals surface area contributed by atoms with E-state index in [0.717, 1.165) is 27.6 Å². The maximum absolute atomic E-state index is 11.8. The lowest BCUT2D eigenvalue weighted by Crippen LogP contribution is -2.00. The van der Waals surface area contributed by atoms with Gasteiger partial charge in [0.25, 0.3) is 0 Å². The largest absolute Gasteiger partial charge is 0.495 e. The van der Waals surface area contributed by atoms with Crippen molar-refractivity contribution in [2.24, 2.45) is 10.9 Å². The van der Waals surface area contributed by atoms with Crippen LogP contribution in [-0.2, 0) is 9.84 Å². The first-order valence-electron chi connectivity index (χ1n) is 7.62. The number of thiazole rings is 1. The van der Waals surface area contributed by atoms with Crippen molar-refractivity contribution in [3.8, 4) is 5.75 Å². The SMILES string of the molecule is COc1ccc(S(C)(=O)=O)cc1Nc1nc2c(/C=N\N)c(C)ccc2s1. The molecule has 0 fully saturated rings. The van der Waals surface area contributed by atoms with Gasteiger partial charge in [-0.25, -0.2) is 13.4 Å². The second kappa shape index (κ2) is 6.93. The van der Waals surface area contributed by atoms with Crippen LogP contribution in [0.1, 0.15) is 11.1 Å². The van der Waals surface area contributed by atoms with E-state index in [0.29, 0.717) is 16.6 Å². The zero-order chi connectivity index (χ0) is 18.9. The van der Waals surface area contributed by atoms with E-state index in [1.807, 2.05) is 19.1 Å². The van der Waals surface area contributed by atoms with Crippen LogP contribution in [0.2, 0.25) is 0 Å². The molecule has 3 rings (SSSR count). The standard InChI is InChI=1S/C17H18N4O3S2/c1-10-4-7-15-16(12(10)9-19-18)21-17(25-15)20-13-8-11(26(3,22)23)5-6-14(13)24-2/h4-9H,18H2,1-3H3,(H,20,21)/b19-9-. The molecule has 0 atom stereocenters. The fourth-order valence-electron chi connectivity index (χ4n) is 2.54. The highest BCUT2D eigenvalue weighted by Crippen LogP contribution is 2.35.